The number of halogens is 1. The number of hydrogen-bond acceptors (Lipinski definition) is 4. The van der Waals surface area contributed by atoms with Gasteiger partial charge in [0, 0.05) is 38.8 Å². The smallest absolute Gasteiger partial charge is 0.331 e. The summed E-state index contributed by atoms with van der Waals surface area (Å²) < 4.78 is 4.62. The Hall–Kier alpha value is -3.29. The van der Waals surface area contributed by atoms with Crippen molar-refractivity contribution in [1.29, 1.82) is 0 Å². The molecule has 0 radical (unpaired) electrons. The normalized spacial score (nSPS) is 15.7. The number of para-hydroxylation sites is 1. The Morgan fingerprint density at radius 1 is 0.914 bits per heavy atom. The van der Waals surface area contributed by atoms with Gasteiger partial charge in [0.25, 0.3) is 5.56 Å². The maximum absolute atomic E-state index is 13.6. The first-order valence-electron chi connectivity index (χ1n) is 12.1. The lowest BCUT2D eigenvalue weighted by molar-refractivity contribution is 0.502. The highest BCUT2D eigenvalue weighted by Gasteiger charge is 2.31. The molecule has 0 spiro atoms. The van der Waals surface area contributed by atoms with Gasteiger partial charge in [0.15, 0.2) is 0 Å². The van der Waals surface area contributed by atoms with Gasteiger partial charge in [-0.2, -0.15) is 0 Å². The first kappa shape index (κ1) is 24.8. The molecule has 1 aliphatic heterocycles. The summed E-state index contributed by atoms with van der Waals surface area (Å²) in [7, 11) is 3.21. The molecule has 0 saturated carbocycles. The summed E-state index contributed by atoms with van der Waals surface area (Å²) in [5, 5.41) is 0.521. The number of benzene rings is 2. The van der Waals surface area contributed by atoms with E-state index in [9.17, 15) is 9.59 Å². The molecule has 2 aromatic carbocycles. The number of aryl methyl sites for hydroxylation is 1. The van der Waals surface area contributed by atoms with Crippen LogP contribution in [-0.2, 0) is 14.1 Å². The van der Waals surface area contributed by atoms with Gasteiger partial charge in [-0.1, -0.05) is 67.9 Å². The number of aromatic nitrogens is 3. The molecule has 3 heterocycles. The van der Waals surface area contributed by atoms with Gasteiger partial charge in [0.2, 0.25) is 0 Å². The molecule has 5 rings (SSSR count). The van der Waals surface area contributed by atoms with Crippen molar-refractivity contribution >= 4 is 28.5 Å². The van der Waals surface area contributed by atoms with Crippen LogP contribution in [-0.4, -0.2) is 32.8 Å². The molecule has 1 atom stereocenters. The van der Waals surface area contributed by atoms with Gasteiger partial charge < -0.3 is 10.6 Å². The summed E-state index contributed by atoms with van der Waals surface area (Å²) in [6.45, 7) is 5.44. The number of nitrogens with two attached hydrogens (primary N) is 1. The molecule has 1 saturated heterocycles. The fraction of sp³-hybridized carbons (Fsp3) is 0.333. The SMILES string of the molecule is CC.Cn1c(=O)c2c(c(-c3ccccc3)c(N3CCCC(N)C3)n2-c2ccccc2Cl)n(C)c1=O. The van der Waals surface area contributed by atoms with Crippen molar-refractivity contribution < 1.29 is 0 Å². The van der Waals surface area contributed by atoms with Crippen molar-refractivity contribution in [3.05, 3.63) is 80.5 Å². The van der Waals surface area contributed by atoms with Gasteiger partial charge >= 0.3 is 5.69 Å². The van der Waals surface area contributed by atoms with Crippen LogP contribution in [0.25, 0.3) is 27.8 Å². The van der Waals surface area contributed by atoms with Crippen molar-refractivity contribution in [3.63, 3.8) is 0 Å². The van der Waals surface area contributed by atoms with Crippen molar-refractivity contribution in [2.45, 2.75) is 32.7 Å². The highest BCUT2D eigenvalue weighted by Crippen LogP contribution is 2.42. The molecule has 35 heavy (non-hydrogen) atoms. The van der Waals surface area contributed by atoms with Gasteiger partial charge in [-0.25, -0.2) is 4.79 Å². The molecule has 8 heteroatoms. The van der Waals surface area contributed by atoms with Crippen LogP contribution in [0.3, 0.4) is 0 Å². The number of fused-ring (bicyclic) bond motifs is 1. The van der Waals surface area contributed by atoms with Crippen LogP contribution in [0, 0.1) is 0 Å². The zero-order valence-corrected chi connectivity index (χ0v) is 21.4. The second-order valence-corrected chi connectivity index (χ2v) is 9.01. The molecule has 7 nitrogen and oxygen atoms in total. The predicted molar refractivity (Wildman–Crippen MR) is 145 cm³/mol. The van der Waals surface area contributed by atoms with E-state index in [0.717, 1.165) is 40.9 Å². The van der Waals surface area contributed by atoms with Crippen molar-refractivity contribution in [2.24, 2.45) is 19.8 Å². The lowest BCUT2D eigenvalue weighted by atomic mass is 10.0. The fourth-order valence-corrected chi connectivity index (χ4v) is 5.10. The Morgan fingerprint density at radius 3 is 2.23 bits per heavy atom. The van der Waals surface area contributed by atoms with Crippen LogP contribution < -0.4 is 21.9 Å². The maximum atomic E-state index is 13.6. The van der Waals surface area contributed by atoms with E-state index in [0.29, 0.717) is 28.3 Å². The van der Waals surface area contributed by atoms with Gasteiger partial charge in [-0.15, -0.1) is 0 Å². The molecule has 2 aromatic heterocycles. The molecule has 0 bridgehead atoms. The standard InChI is InChI=1S/C25H26ClN5O2.C2H6/c1-28-21-20(16-9-4-3-5-10-16)23(30-14-8-11-17(27)15-30)31(19-13-7-6-12-18(19)26)22(21)24(32)29(2)25(28)33;1-2/h3-7,9-10,12-13,17H,8,11,14-15,27H2,1-2H3;1-2H3. The Morgan fingerprint density at radius 2 is 1.57 bits per heavy atom. The summed E-state index contributed by atoms with van der Waals surface area (Å²) >= 11 is 6.68. The molecular weight excluding hydrogens is 462 g/mol. The summed E-state index contributed by atoms with van der Waals surface area (Å²) in [4.78, 5) is 28.8. The van der Waals surface area contributed by atoms with Crippen LogP contribution in [0.5, 0.6) is 0 Å². The Labute approximate surface area is 210 Å². The number of rotatable bonds is 3. The lowest BCUT2D eigenvalue weighted by Crippen LogP contribution is -2.43. The number of anilines is 1. The Kier molecular flexibility index (Phi) is 7.19. The third-order valence-electron chi connectivity index (χ3n) is 6.45. The van der Waals surface area contributed by atoms with E-state index in [4.69, 9.17) is 17.3 Å². The highest BCUT2D eigenvalue weighted by molar-refractivity contribution is 6.32. The lowest BCUT2D eigenvalue weighted by Gasteiger charge is -2.34. The second-order valence-electron chi connectivity index (χ2n) is 8.60. The summed E-state index contributed by atoms with van der Waals surface area (Å²) in [5.74, 6) is 0.831. The van der Waals surface area contributed by atoms with E-state index in [1.807, 2.05) is 73.0 Å². The highest BCUT2D eigenvalue weighted by atomic mass is 35.5. The molecular formula is C27H32ClN5O2. The molecule has 1 unspecified atom stereocenters. The minimum Gasteiger partial charge on any atom is -0.356 e. The molecule has 4 aromatic rings. The molecule has 0 aliphatic carbocycles. The largest absolute Gasteiger partial charge is 0.356 e. The minimum absolute atomic E-state index is 0.0201. The average Bonchev–Trinajstić information content (AvgIpc) is 3.24. The van der Waals surface area contributed by atoms with E-state index < -0.39 is 0 Å². The van der Waals surface area contributed by atoms with Crippen LogP contribution in [0.2, 0.25) is 5.02 Å². The van der Waals surface area contributed by atoms with E-state index >= 15 is 0 Å². The molecule has 1 fully saturated rings. The van der Waals surface area contributed by atoms with Crippen molar-refractivity contribution in [2.75, 3.05) is 18.0 Å². The third kappa shape index (κ3) is 4.19. The maximum Gasteiger partial charge on any atom is 0.331 e. The first-order chi connectivity index (χ1) is 16.9. The zero-order chi connectivity index (χ0) is 25.3. The minimum atomic E-state index is -0.372. The van der Waals surface area contributed by atoms with Gasteiger partial charge in [-0.3, -0.25) is 18.5 Å². The van der Waals surface area contributed by atoms with Gasteiger partial charge in [0.05, 0.1) is 16.2 Å². The van der Waals surface area contributed by atoms with E-state index in [1.165, 1.54) is 7.05 Å². The van der Waals surface area contributed by atoms with Crippen LogP contribution in [0.1, 0.15) is 26.7 Å². The number of piperidine rings is 1. The summed E-state index contributed by atoms with van der Waals surface area (Å²) in [6, 6.07) is 17.3. The number of nitrogens with zero attached hydrogens (tertiary/aromatic N) is 4. The monoisotopic (exact) mass is 493 g/mol. The van der Waals surface area contributed by atoms with E-state index in [2.05, 4.69) is 4.90 Å². The second kappa shape index (κ2) is 10.1. The van der Waals surface area contributed by atoms with E-state index in [1.54, 1.807) is 11.6 Å². The average molecular weight is 494 g/mol. The topological polar surface area (TPSA) is 78.2 Å². The van der Waals surface area contributed by atoms with Gasteiger partial charge in [0.1, 0.15) is 11.3 Å². The zero-order valence-electron chi connectivity index (χ0n) is 20.7. The third-order valence-corrected chi connectivity index (χ3v) is 6.77. The Bertz CT molecular complexity index is 1470. The summed E-state index contributed by atoms with van der Waals surface area (Å²) in [6.07, 6.45) is 1.89. The van der Waals surface area contributed by atoms with E-state index in [-0.39, 0.29) is 17.3 Å². The quantitative estimate of drug-likeness (QED) is 0.461. The molecule has 0 amide bonds. The van der Waals surface area contributed by atoms with Crippen molar-refractivity contribution in [3.8, 4) is 16.8 Å². The molecule has 2 N–H and O–H groups in total. The number of hydrogen-bond donors (Lipinski definition) is 1. The van der Waals surface area contributed by atoms with Crippen LogP contribution in [0.4, 0.5) is 5.82 Å². The van der Waals surface area contributed by atoms with Crippen molar-refractivity contribution in [1.82, 2.24) is 13.7 Å². The predicted octanol–water partition coefficient (Wildman–Crippen LogP) is 4.30. The Balaban J connectivity index is 0.00000141. The summed E-state index contributed by atoms with van der Waals surface area (Å²) in [5.41, 5.74) is 9.09. The molecule has 1 aliphatic rings. The van der Waals surface area contributed by atoms with Gasteiger partial charge in [-0.05, 0) is 30.5 Å². The van der Waals surface area contributed by atoms with Crippen LogP contribution in [0.15, 0.2) is 64.2 Å². The van der Waals surface area contributed by atoms with Crippen LogP contribution >= 0.6 is 11.6 Å². The fourth-order valence-electron chi connectivity index (χ4n) is 4.88. The first-order valence-corrected chi connectivity index (χ1v) is 12.4. The molecule has 184 valence electrons.